The Labute approximate surface area is 100 Å². The Hall–Kier alpha value is -0.120. The summed E-state index contributed by atoms with van der Waals surface area (Å²) in [7, 11) is 0. The molecule has 2 fully saturated rings. The first-order chi connectivity index (χ1) is 7.72. The molecule has 1 atom stereocenters. The van der Waals surface area contributed by atoms with Gasteiger partial charge in [-0.15, -0.1) is 0 Å². The van der Waals surface area contributed by atoms with Crippen molar-refractivity contribution in [2.24, 2.45) is 5.92 Å². The van der Waals surface area contributed by atoms with Gasteiger partial charge in [0.15, 0.2) is 0 Å². The topological polar surface area (TPSA) is 9.72 Å². The van der Waals surface area contributed by atoms with Crippen LogP contribution in [-0.2, 0) is 0 Å². The molecule has 3 nitrogen and oxygen atoms in total. The third-order valence-corrected chi connectivity index (χ3v) is 4.25. The van der Waals surface area contributed by atoms with Gasteiger partial charge >= 0.3 is 0 Å². The van der Waals surface area contributed by atoms with Gasteiger partial charge in [-0.2, -0.15) is 0 Å². The molecule has 0 aliphatic carbocycles. The molecule has 0 bridgehead atoms. The van der Waals surface area contributed by atoms with Gasteiger partial charge in [-0.25, -0.2) is 0 Å². The molecule has 0 aromatic heterocycles. The lowest BCUT2D eigenvalue weighted by Crippen LogP contribution is -2.56. The van der Waals surface area contributed by atoms with Crippen LogP contribution < -0.4 is 0 Å². The van der Waals surface area contributed by atoms with E-state index in [1.807, 2.05) is 0 Å². The quantitative estimate of drug-likeness (QED) is 0.706. The second-order valence-corrected chi connectivity index (χ2v) is 5.46. The van der Waals surface area contributed by atoms with E-state index in [1.165, 1.54) is 52.4 Å². The van der Waals surface area contributed by atoms with Crippen LogP contribution in [0.1, 0.15) is 20.8 Å². The van der Waals surface area contributed by atoms with Gasteiger partial charge in [0.25, 0.3) is 0 Å². The van der Waals surface area contributed by atoms with Crippen molar-refractivity contribution in [1.29, 1.82) is 0 Å². The van der Waals surface area contributed by atoms with Gasteiger partial charge in [-0.1, -0.05) is 13.8 Å². The predicted molar refractivity (Wildman–Crippen MR) is 68.8 cm³/mol. The maximum absolute atomic E-state index is 2.68. The lowest BCUT2D eigenvalue weighted by molar-refractivity contribution is 0.0335. The summed E-state index contributed by atoms with van der Waals surface area (Å²) in [6.07, 6.45) is 0. The standard InChI is InChI=1S/C13H27N3/c1-4-14-9-13(10-14)11-15-6-7-16(5-2)12(3)8-15/h12-13H,4-11H2,1-3H3. The minimum absolute atomic E-state index is 0.751. The molecule has 1 unspecified atom stereocenters. The van der Waals surface area contributed by atoms with Crippen LogP contribution in [0.4, 0.5) is 0 Å². The van der Waals surface area contributed by atoms with E-state index in [0.29, 0.717) is 0 Å². The highest BCUT2D eigenvalue weighted by molar-refractivity contribution is 4.85. The third-order valence-electron chi connectivity index (χ3n) is 4.25. The summed E-state index contributed by atoms with van der Waals surface area (Å²) in [4.78, 5) is 7.81. The lowest BCUT2D eigenvalue weighted by atomic mass is 9.99. The number of likely N-dealkylation sites (N-methyl/N-ethyl adjacent to an activating group) is 1. The zero-order valence-electron chi connectivity index (χ0n) is 11.2. The van der Waals surface area contributed by atoms with Crippen molar-refractivity contribution in [3.05, 3.63) is 0 Å². The van der Waals surface area contributed by atoms with Crippen molar-refractivity contribution < 1.29 is 0 Å². The smallest absolute Gasteiger partial charge is 0.0195 e. The first-order valence-corrected chi connectivity index (χ1v) is 6.91. The fourth-order valence-corrected chi connectivity index (χ4v) is 3.12. The average molecular weight is 225 g/mol. The molecule has 2 aliphatic heterocycles. The molecule has 0 amide bonds. The van der Waals surface area contributed by atoms with E-state index < -0.39 is 0 Å². The van der Waals surface area contributed by atoms with Crippen LogP contribution in [0.25, 0.3) is 0 Å². The monoisotopic (exact) mass is 225 g/mol. The van der Waals surface area contributed by atoms with E-state index >= 15 is 0 Å². The van der Waals surface area contributed by atoms with E-state index in [-0.39, 0.29) is 0 Å². The molecule has 0 aromatic carbocycles. The summed E-state index contributed by atoms with van der Waals surface area (Å²) in [6, 6.07) is 0.751. The minimum atomic E-state index is 0.751. The van der Waals surface area contributed by atoms with Crippen molar-refractivity contribution >= 4 is 0 Å². The second kappa shape index (κ2) is 5.48. The van der Waals surface area contributed by atoms with Crippen LogP contribution in [0.3, 0.4) is 0 Å². The highest BCUT2D eigenvalue weighted by Crippen LogP contribution is 2.18. The highest BCUT2D eigenvalue weighted by Gasteiger charge is 2.29. The van der Waals surface area contributed by atoms with Gasteiger partial charge in [-0.3, -0.25) is 4.90 Å². The minimum Gasteiger partial charge on any atom is -0.303 e. The Balaban J connectivity index is 1.68. The van der Waals surface area contributed by atoms with Crippen molar-refractivity contribution in [2.45, 2.75) is 26.8 Å². The van der Waals surface area contributed by atoms with Crippen LogP contribution in [0.15, 0.2) is 0 Å². The van der Waals surface area contributed by atoms with E-state index in [9.17, 15) is 0 Å². The molecule has 0 saturated carbocycles. The summed E-state index contributed by atoms with van der Waals surface area (Å²) in [5.41, 5.74) is 0. The highest BCUT2D eigenvalue weighted by atomic mass is 15.3. The molecule has 94 valence electrons. The van der Waals surface area contributed by atoms with Gasteiger partial charge in [0.2, 0.25) is 0 Å². The number of likely N-dealkylation sites (tertiary alicyclic amines) is 1. The maximum atomic E-state index is 2.68. The van der Waals surface area contributed by atoms with E-state index in [0.717, 1.165) is 12.0 Å². The van der Waals surface area contributed by atoms with Gasteiger partial charge in [0.05, 0.1) is 0 Å². The second-order valence-electron chi connectivity index (χ2n) is 5.46. The van der Waals surface area contributed by atoms with Crippen LogP contribution in [0.5, 0.6) is 0 Å². The predicted octanol–water partition coefficient (Wildman–Crippen LogP) is 0.964. The molecule has 2 rings (SSSR count). The Kier molecular flexibility index (Phi) is 4.22. The van der Waals surface area contributed by atoms with Gasteiger partial charge < -0.3 is 9.80 Å². The molecule has 3 heteroatoms. The zero-order valence-corrected chi connectivity index (χ0v) is 11.2. The zero-order chi connectivity index (χ0) is 11.5. The lowest BCUT2D eigenvalue weighted by Gasteiger charge is -2.45. The van der Waals surface area contributed by atoms with Crippen LogP contribution >= 0.6 is 0 Å². The van der Waals surface area contributed by atoms with Gasteiger partial charge in [-0.05, 0) is 25.9 Å². The van der Waals surface area contributed by atoms with E-state index in [2.05, 4.69) is 35.5 Å². The Morgan fingerprint density at radius 2 is 1.69 bits per heavy atom. The number of rotatable bonds is 4. The molecule has 0 radical (unpaired) electrons. The third kappa shape index (κ3) is 2.76. The summed E-state index contributed by atoms with van der Waals surface area (Å²) in [5, 5.41) is 0. The van der Waals surface area contributed by atoms with E-state index in [1.54, 1.807) is 0 Å². The summed E-state index contributed by atoms with van der Waals surface area (Å²) in [6.45, 7) is 17.2. The molecule has 2 heterocycles. The Morgan fingerprint density at radius 3 is 2.25 bits per heavy atom. The fourth-order valence-electron chi connectivity index (χ4n) is 3.12. The number of hydrogen-bond acceptors (Lipinski definition) is 3. The van der Waals surface area contributed by atoms with Crippen molar-refractivity contribution in [3.8, 4) is 0 Å². The summed E-state index contributed by atoms with van der Waals surface area (Å²) >= 11 is 0. The van der Waals surface area contributed by atoms with Crippen molar-refractivity contribution in [3.63, 3.8) is 0 Å². The first kappa shape index (κ1) is 12.3. The molecule has 2 saturated heterocycles. The van der Waals surface area contributed by atoms with E-state index in [4.69, 9.17) is 0 Å². The normalized spacial score (nSPS) is 30.6. The van der Waals surface area contributed by atoms with Gasteiger partial charge in [0.1, 0.15) is 0 Å². The van der Waals surface area contributed by atoms with Crippen molar-refractivity contribution in [1.82, 2.24) is 14.7 Å². The van der Waals surface area contributed by atoms with Crippen LogP contribution in [0.2, 0.25) is 0 Å². The largest absolute Gasteiger partial charge is 0.303 e. The van der Waals surface area contributed by atoms with Crippen LogP contribution in [0, 0.1) is 5.92 Å². The molecular formula is C13H27N3. The average Bonchev–Trinajstić information content (AvgIpc) is 2.23. The number of piperazine rings is 1. The number of nitrogens with zero attached hydrogens (tertiary/aromatic N) is 3. The molecule has 0 spiro atoms. The molecule has 0 aromatic rings. The maximum Gasteiger partial charge on any atom is 0.0195 e. The molecule has 2 aliphatic rings. The molecule has 16 heavy (non-hydrogen) atoms. The summed E-state index contributed by atoms with van der Waals surface area (Å²) < 4.78 is 0. The van der Waals surface area contributed by atoms with Crippen LogP contribution in [-0.4, -0.2) is 73.1 Å². The Morgan fingerprint density at radius 1 is 0.938 bits per heavy atom. The Bertz CT molecular complexity index is 213. The van der Waals surface area contributed by atoms with Crippen molar-refractivity contribution in [2.75, 3.05) is 52.4 Å². The molecular weight excluding hydrogens is 198 g/mol. The SMILES string of the molecule is CCN1CC(CN2CCN(CC)C(C)C2)C1. The first-order valence-electron chi connectivity index (χ1n) is 6.91. The summed E-state index contributed by atoms with van der Waals surface area (Å²) in [5.74, 6) is 0.945. The number of hydrogen-bond donors (Lipinski definition) is 0. The molecule has 0 N–H and O–H groups in total. The van der Waals surface area contributed by atoms with Gasteiger partial charge in [0, 0.05) is 45.3 Å². The fraction of sp³-hybridized carbons (Fsp3) is 1.00.